The summed E-state index contributed by atoms with van der Waals surface area (Å²) in [5, 5.41) is 4.56. The monoisotopic (exact) mass is 415 g/mol. The smallest absolute Gasteiger partial charge is 0.0620 e. The summed E-state index contributed by atoms with van der Waals surface area (Å²) in [7, 11) is -1.62. The average Bonchev–Trinajstić information content (AvgIpc) is 3.34. The lowest BCUT2D eigenvalue weighted by atomic mass is 10.00. The van der Waals surface area contributed by atoms with Crippen LogP contribution >= 0.6 is 7.26 Å². The van der Waals surface area contributed by atoms with Crippen molar-refractivity contribution in [2.24, 2.45) is 5.92 Å². The third-order valence-electron chi connectivity index (χ3n) is 6.92. The standard InChI is InChI=1S/C29H36P/c1(6-16-26-17-13-14-18-26)2-15-25-30(27-19-7-3-8-20-27,28-21-9-4-10-22-28)29-23-11-5-12-24-29/h3-5,7-12,19-24,26H,1-2,6,13-18,25H2/q+1. The summed E-state index contributed by atoms with van der Waals surface area (Å²) in [4.78, 5) is 0. The Morgan fingerprint density at radius 1 is 0.533 bits per heavy atom. The van der Waals surface area contributed by atoms with E-state index in [1.54, 1.807) is 0 Å². The maximum Gasteiger partial charge on any atom is 0.112 e. The predicted molar refractivity (Wildman–Crippen MR) is 135 cm³/mol. The van der Waals surface area contributed by atoms with E-state index in [-0.39, 0.29) is 0 Å². The molecule has 0 unspecified atom stereocenters. The second-order valence-electron chi connectivity index (χ2n) is 8.89. The second kappa shape index (κ2) is 10.9. The molecule has 0 saturated heterocycles. The van der Waals surface area contributed by atoms with Gasteiger partial charge in [0.2, 0.25) is 0 Å². The molecule has 0 heterocycles. The minimum Gasteiger partial charge on any atom is -0.0620 e. The zero-order chi connectivity index (χ0) is 20.5. The van der Waals surface area contributed by atoms with E-state index in [9.17, 15) is 0 Å². The Kier molecular flexibility index (Phi) is 7.76. The van der Waals surface area contributed by atoms with Gasteiger partial charge in [-0.25, -0.2) is 0 Å². The molecule has 0 spiro atoms. The van der Waals surface area contributed by atoms with Gasteiger partial charge in [0.15, 0.2) is 0 Å². The molecule has 0 radical (unpaired) electrons. The van der Waals surface area contributed by atoms with Crippen molar-refractivity contribution in [2.75, 3.05) is 6.16 Å². The van der Waals surface area contributed by atoms with Crippen molar-refractivity contribution < 1.29 is 0 Å². The predicted octanol–water partition coefficient (Wildman–Crippen LogP) is 7.12. The first-order chi connectivity index (χ1) is 14.9. The Bertz CT molecular complexity index is 754. The quantitative estimate of drug-likeness (QED) is 0.244. The highest BCUT2D eigenvalue weighted by atomic mass is 31.2. The second-order valence-corrected chi connectivity index (χ2v) is 12.5. The van der Waals surface area contributed by atoms with Crippen LogP contribution in [0, 0.1) is 5.92 Å². The van der Waals surface area contributed by atoms with Gasteiger partial charge in [-0.05, 0) is 55.2 Å². The van der Waals surface area contributed by atoms with Gasteiger partial charge in [-0.15, -0.1) is 0 Å². The Morgan fingerprint density at radius 2 is 0.967 bits per heavy atom. The van der Waals surface area contributed by atoms with Gasteiger partial charge in [0, 0.05) is 0 Å². The van der Waals surface area contributed by atoms with Gasteiger partial charge in [0.1, 0.15) is 23.2 Å². The van der Waals surface area contributed by atoms with Crippen molar-refractivity contribution in [3.05, 3.63) is 91.0 Å². The van der Waals surface area contributed by atoms with Crippen molar-refractivity contribution >= 4 is 23.2 Å². The van der Waals surface area contributed by atoms with E-state index in [0.717, 1.165) is 5.92 Å². The van der Waals surface area contributed by atoms with E-state index in [4.69, 9.17) is 0 Å². The molecule has 30 heavy (non-hydrogen) atoms. The van der Waals surface area contributed by atoms with Crippen LogP contribution < -0.4 is 15.9 Å². The van der Waals surface area contributed by atoms with E-state index in [1.165, 1.54) is 79.9 Å². The molecule has 1 fully saturated rings. The Labute approximate surface area is 184 Å². The van der Waals surface area contributed by atoms with Crippen molar-refractivity contribution in [1.29, 1.82) is 0 Å². The Balaban J connectivity index is 1.54. The van der Waals surface area contributed by atoms with Gasteiger partial charge in [-0.2, -0.15) is 0 Å². The van der Waals surface area contributed by atoms with Gasteiger partial charge in [-0.1, -0.05) is 99.5 Å². The van der Waals surface area contributed by atoms with Crippen LogP contribution in [0.4, 0.5) is 0 Å². The SMILES string of the molecule is c1ccc([P+](CCCCCCC2CCCC2)(c2ccccc2)c2ccccc2)cc1. The summed E-state index contributed by atoms with van der Waals surface area (Å²) in [5.41, 5.74) is 0. The van der Waals surface area contributed by atoms with Gasteiger partial charge in [0.05, 0.1) is 6.16 Å². The molecule has 3 aromatic carbocycles. The maximum atomic E-state index is 2.37. The molecule has 0 amide bonds. The van der Waals surface area contributed by atoms with Crippen LogP contribution in [0.1, 0.15) is 57.8 Å². The lowest BCUT2D eigenvalue weighted by Crippen LogP contribution is -2.33. The van der Waals surface area contributed by atoms with Crippen LogP contribution in [-0.4, -0.2) is 6.16 Å². The maximum absolute atomic E-state index is 2.37. The summed E-state index contributed by atoms with van der Waals surface area (Å²) in [5.74, 6) is 1.04. The summed E-state index contributed by atoms with van der Waals surface area (Å²) in [6.07, 6.45) is 14.2. The molecule has 1 heteroatoms. The molecule has 0 bridgehead atoms. The highest BCUT2D eigenvalue weighted by molar-refractivity contribution is 7.95. The lowest BCUT2D eigenvalue weighted by Gasteiger charge is -2.27. The number of rotatable bonds is 10. The van der Waals surface area contributed by atoms with E-state index in [2.05, 4.69) is 91.0 Å². The molecule has 0 N–H and O–H groups in total. The lowest BCUT2D eigenvalue weighted by molar-refractivity contribution is 0.467. The zero-order valence-electron chi connectivity index (χ0n) is 18.3. The number of hydrogen-bond acceptors (Lipinski definition) is 0. The first kappa shape index (κ1) is 21.3. The molecule has 1 saturated carbocycles. The van der Waals surface area contributed by atoms with Crippen LogP contribution in [0.3, 0.4) is 0 Å². The summed E-state index contributed by atoms with van der Waals surface area (Å²) < 4.78 is 0. The molecule has 0 atom stereocenters. The number of benzene rings is 3. The fourth-order valence-electron chi connectivity index (χ4n) is 5.32. The van der Waals surface area contributed by atoms with Crippen LogP contribution in [0.2, 0.25) is 0 Å². The fourth-order valence-corrected chi connectivity index (χ4v) is 9.73. The Morgan fingerprint density at radius 3 is 1.43 bits per heavy atom. The third kappa shape index (κ3) is 5.04. The van der Waals surface area contributed by atoms with Crippen LogP contribution in [-0.2, 0) is 0 Å². The highest BCUT2D eigenvalue weighted by Gasteiger charge is 2.44. The highest BCUT2D eigenvalue weighted by Crippen LogP contribution is 2.56. The van der Waals surface area contributed by atoms with Gasteiger partial charge in [0.25, 0.3) is 0 Å². The van der Waals surface area contributed by atoms with E-state index < -0.39 is 7.26 Å². The largest absolute Gasteiger partial charge is 0.112 e. The molecular weight excluding hydrogens is 379 g/mol. The first-order valence-electron chi connectivity index (χ1n) is 11.9. The third-order valence-corrected chi connectivity index (χ3v) is 11.4. The van der Waals surface area contributed by atoms with E-state index in [0.29, 0.717) is 0 Å². The van der Waals surface area contributed by atoms with Gasteiger partial charge in [-0.3, -0.25) is 0 Å². The molecule has 3 aromatic rings. The molecule has 1 aliphatic rings. The Hall–Kier alpha value is -1.91. The molecule has 4 rings (SSSR count). The molecule has 0 aliphatic heterocycles. The zero-order valence-corrected chi connectivity index (χ0v) is 19.2. The molecule has 1 aliphatic carbocycles. The first-order valence-corrected chi connectivity index (χ1v) is 13.9. The average molecular weight is 416 g/mol. The van der Waals surface area contributed by atoms with E-state index in [1.807, 2.05) is 0 Å². The summed E-state index contributed by atoms with van der Waals surface area (Å²) in [6, 6.07) is 34.0. The van der Waals surface area contributed by atoms with E-state index >= 15 is 0 Å². The topological polar surface area (TPSA) is 0 Å². The van der Waals surface area contributed by atoms with Crippen molar-refractivity contribution in [1.82, 2.24) is 0 Å². The molecule has 156 valence electrons. The van der Waals surface area contributed by atoms with Crippen LogP contribution in [0.25, 0.3) is 0 Å². The van der Waals surface area contributed by atoms with Crippen LogP contribution in [0.15, 0.2) is 91.0 Å². The van der Waals surface area contributed by atoms with Gasteiger partial charge < -0.3 is 0 Å². The molecular formula is C29H36P+. The van der Waals surface area contributed by atoms with Gasteiger partial charge >= 0.3 is 0 Å². The van der Waals surface area contributed by atoms with Crippen molar-refractivity contribution in [3.8, 4) is 0 Å². The number of hydrogen-bond donors (Lipinski definition) is 0. The minimum atomic E-state index is -1.62. The molecule has 0 aromatic heterocycles. The van der Waals surface area contributed by atoms with Crippen molar-refractivity contribution in [3.63, 3.8) is 0 Å². The normalized spacial score (nSPS) is 14.8. The van der Waals surface area contributed by atoms with Crippen molar-refractivity contribution in [2.45, 2.75) is 57.8 Å². The van der Waals surface area contributed by atoms with Crippen LogP contribution in [0.5, 0.6) is 0 Å². The summed E-state index contributed by atoms with van der Waals surface area (Å²) >= 11 is 0. The minimum absolute atomic E-state index is 1.04. The summed E-state index contributed by atoms with van der Waals surface area (Å²) in [6.45, 7) is 0. The fraction of sp³-hybridized carbons (Fsp3) is 0.379. The molecule has 0 nitrogen and oxygen atoms in total. The number of unbranched alkanes of at least 4 members (excludes halogenated alkanes) is 3.